The molecule has 0 spiro atoms. The van der Waals surface area contributed by atoms with Gasteiger partial charge in [-0.2, -0.15) is 0 Å². The maximum atomic E-state index is 6.13. The van der Waals surface area contributed by atoms with E-state index in [2.05, 4.69) is 23.5 Å². The van der Waals surface area contributed by atoms with Gasteiger partial charge in [0.1, 0.15) is 5.75 Å². The second-order valence-corrected chi connectivity index (χ2v) is 5.25. The zero-order valence-electron chi connectivity index (χ0n) is 10.8. The van der Waals surface area contributed by atoms with E-state index in [1.54, 1.807) is 0 Å². The fraction of sp³-hybridized carbons (Fsp3) is 0.250. The van der Waals surface area contributed by atoms with Gasteiger partial charge in [0.05, 0.1) is 6.61 Å². The van der Waals surface area contributed by atoms with Crippen LogP contribution in [0, 0.1) is 6.92 Å². The number of hydrogen-bond acceptors (Lipinski definition) is 2. The summed E-state index contributed by atoms with van der Waals surface area (Å²) < 4.78 is 5.69. The van der Waals surface area contributed by atoms with Gasteiger partial charge in [-0.05, 0) is 30.7 Å². The van der Waals surface area contributed by atoms with Crippen molar-refractivity contribution in [2.24, 2.45) is 0 Å². The van der Waals surface area contributed by atoms with Gasteiger partial charge in [-0.25, -0.2) is 0 Å². The van der Waals surface area contributed by atoms with Crippen molar-refractivity contribution in [2.45, 2.75) is 12.8 Å². The number of para-hydroxylation sites is 1. The van der Waals surface area contributed by atoms with Gasteiger partial charge in [0.2, 0.25) is 0 Å². The summed E-state index contributed by atoms with van der Waals surface area (Å²) in [7, 11) is 0. The Balaban J connectivity index is 1.73. The molecule has 0 aromatic heterocycles. The number of fused-ring (bicyclic) bond motifs is 1. The lowest BCUT2D eigenvalue weighted by molar-refractivity contribution is 0.334. The van der Waals surface area contributed by atoms with Gasteiger partial charge >= 0.3 is 0 Å². The SMILES string of the molecule is Cc1c(Cl)cccc1NCC1COc2ccccc21. The Morgan fingerprint density at radius 1 is 1.21 bits per heavy atom. The Bertz CT molecular complexity index is 597. The first-order chi connectivity index (χ1) is 9.25. The standard InChI is InChI=1S/C16H16ClNO/c1-11-14(17)6-4-7-15(11)18-9-12-10-19-16-8-3-2-5-13(12)16/h2-8,12,18H,9-10H2,1H3. The van der Waals surface area contributed by atoms with E-state index in [9.17, 15) is 0 Å². The molecule has 0 amide bonds. The number of halogens is 1. The van der Waals surface area contributed by atoms with Gasteiger partial charge in [-0.1, -0.05) is 35.9 Å². The van der Waals surface area contributed by atoms with Crippen LogP contribution < -0.4 is 10.1 Å². The lowest BCUT2D eigenvalue weighted by atomic mass is 10.0. The number of hydrogen-bond donors (Lipinski definition) is 1. The molecule has 0 radical (unpaired) electrons. The van der Waals surface area contributed by atoms with E-state index in [0.717, 1.165) is 35.2 Å². The number of rotatable bonds is 3. The molecule has 0 bridgehead atoms. The van der Waals surface area contributed by atoms with E-state index in [0.29, 0.717) is 5.92 Å². The lowest BCUT2D eigenvalue weighted by Gasteiger charge is -2.14. The molecule has 2 aromatic carbocycles. The maximum absolute atomic E-state index is 6.13. The van der Waals surface area contributed by atoms with Crippen LogP contribution in [0.3, 0.4) is 0 Å². The second kappa shape index (κ2) is 5.14. The summed E-state index contributed by atoms with van der Waals surface area (Å²) >= 11 is 6.13. The summed E-state index contributed by atoms with van der Waals surface area (Å²) in [5, 5.41) is 4.27. The van der Waals surface area contributed by atoms with Crippen molar-refractivity contribution >= 4 is 17.3 Å². The number of benzene rings is 2. The number of ether oxygens (including phenoxy) is 1. The van der Waals surface area contributed by atoms with E-state index >= 15 is 0 Å². The first kappa shape index (κ1) is 12.4. The molecule has 1 unspecified atom stereocenters. The van der Waals surface area contributed by atoms with Crippen LogP contribution in [0.15, 0.2) is 42.5 Å². The fourth-order valence-electron chi connectivity index (χ4n) is 2.43. The Kier molecular flexibility index (Phi) is 3.34. The fourth-order valence-corrected chi connectivity index (χ4v) is 2.60. The van der Waals surface area contributed by atoms with Crippen LogP contribution in [-0.2, 0) is 0 Å². The summed E-state index contributed by atoms with van der Waals surface area (Å²) in [4.78, 5) is 0. The van der Waals surface area contributed by atoms with Gasteiger partial charge in [0.15, 0.2) is 0 Å². The Hall–Kier alpha value is -1.67. The molecule has 1 aliphatic rings. The third-order valence-corrected chi connectivity index (χ3v) is 4.01. The minimum atomic E-state index is 0.398. The topological polar surface area (TPSA) is 21.3 Å². The average Bonchev–Trinajstić information content (AvgIpc) is 2.84. The minimum absolute atomic E-state index is 0.398. The van der Waals surface area contributed by atoms with E-state index in [1.807, 2.05) is 31.2 Å². The quantitative estimate of drug-likeness (QED) is 0.903. The average molecular weight is 274 g/mol. The molecule has 98 valence electrons. The Morgan fingerprint density at radius 3 is 2.95 bits per heavy atom. The van der Waals surface area contributed by atoms with Gasteiger partial charge < -0.3 is 10.1 Å². The highest BCUT2D eigenvalue weighted by Crippen LogP contribution is 2.34. The predicted octanol–water partition coefficient (Wildman–Crippen LogP) is 4.24. The summed E-state index contributed by atoms with van der Waals surface area (Å²) in [5.41, 5.74) is 3.47. The molecule has 0 aliphatic carbocycles. The third-order valence-electron chi connectivity index (χ3n) is 3.61. The summed E-state index contributed by atoms with van der Waals surface area (Å²) in [6.07, 6.45) is 0. The predicted molar refractivity (Wildman–Crippen MR) is 79.4 cm³/mol. The normalized spacial score (nSPS) is 16.8. The summed E-state index contributed by atoms with van der Waals surface area (Å²) in [6, 6.07) is 14.2. The molecule has 1 atom stereocenters. The Morgan fingerprint density at radius 2 is 2.05 bits per heavy atom. The van der Waals surface area contributed by atoms with Crippen molar-refractivity contribution < 1.29 is 4.74 Å². The molecular weight excluding hydrogens is 258 g/mol. The molecule has 0 fully saturated rings. The van der Waals surface area contributed by atoms with Crippen molar-refractivity contribution in [1.82, 2.24) is 0 Å². The molecule has 1 aliphatic heterocycles. The van der Waals surface area contributed by atoms with Crippen molar-refractivity contribution in [1.29, 1.82) is 0 Å². The highest BCUT2D eigenvalue weighted by Gasteiger charge is 2.23. The van der Waals surface area contributed by atoms with Gasteiger partial charge in [0, 0.05) is 28.7 Å². The van der Waals surface area contributed by atoms with E-state index in [-0.39, 0.29) is 0 Å². The molecule has 1 heterocycles. The first-order valence-corrected chi connectivity index (χ1v) is 6.84. The molecule has 1 N–H and O–H groups in total. The minimum Gasteiger partial charge on any atom is -0.493 e. The van der Waals surface area contributed by atoms with Crippen molar-refractivity contribution in [3.05, 3.63) is 58.6 Å². The van der Waals surface area contributed by atoms with Crippen LogP contribution in [0.25, 0.3) is 0 Å². The second-order valence-electron chi connectivity index (χ2n) is 4.84. The zero-order chi connectivity index (χ0) is 13.2. The summed E-state index contributed by atoms with van der Waals surface area (Å²) in [5.74, 6) is 1.41. The van der Waals surface area contributed by atoms with Crippen molar-refractivity contribution in [3.63, 3.8) is 0 Å². The van der Waals surface area contributed by atoms with E-state index in [4.69, 9.17) is 16.3 Å². The van der Waals surface area contributed by atoms with Crippen LogP contribution in [0.2, 0.25) is 5.02 Å². The van der Waals surface area contributed by atoms with E-state index in [1.165, 1.54) is 5.56 Å². The van der Waals surface area contributed by atoms with Crippen LogP contribution in [0.1, 0.15) is 17.0 Å². The van der Waals surface area contributed by atoms with Gasteiger partial charge in [0.25, 0.3) is 0 Å². The zero-order valence-corrected chi connectivity index (χ0v) is 11.6. The number of nitrogens with one attached hydrogen (secondary N) is 1. The largest absolute Gasteiger partial charge is 0.493 e. The molecular formula is C16H16ClNO. The van der Waals surface area contributed by atoms with Crippen LogP contribution in [0.4, 0.5) is 5.69 Å². The van der Waals surface area contributed by atoms with Crippen molar-refractivity contribution in [2.75, 3.05) is 18.5 Å². The maximum Gasteiger partial charge on any atom is 0.122 e. The highest BCUT2D eigenvalue weighted by molar-refractivity contribution is 6.31. The molecule has 0 saturated heterocycles. The smallest absolute Gasteiger partial charge is 0.122 e. The van der Waals surface area contributed by atoms with E-state index < -0.39 is 0 Å². The molecule has 3 rings (SSSR count). The van der Waals surface area contributed by atoms with Crippen LogP contribution >= 0.6 is 11.6 Å². The molecule has 0 saturated carbocycles. The molecule has 2 nitrogen and oxygen atoms in total. The van der Waals surface area contributed by atoms with Crippen molar-refractivity contribution in [3.8, 4) is 5.75 Å². The Labute approximate surface area is 118 Å². The lowest BCUT2D eigenvalue weighted by Crippen LogP contribution is -2.14. The molecule has 19 heavy (non-hydrogen) atoms. The van der Waals surface area contributed by atoms with Crippen LogP contribution in [0.5, 0.6) is 5.75 Å². The molecule has 2 aromatic rings. The van der Waals surface area contributed by atoms with Gasteiger partial charge in [-0.3, -0.25) is 0 Å². The van der Waals surface area contributed by atoms with Crippen LogP contribution in [-0.4, -0.2) is 13.2 Å². The third kappa shape index (κ3) is 2.41. The monoisotopic (exact) mass is 273 g/mol. The summed E-state index contributed by atoms with van der Waals surface area (Å²) in [6.45, 7) is 3.63. The van der Waals surface area contributed by atoms with Gasteiger partial charge in [-0.15, -0.1) is 0 Å². The number of anilines is 1. The highest BCUT2D eigenvalue weighted by atomic mass is 35.5. The molecule has 3 heteroatoms. The first-order valence-electron chi connectivity index (χ1n) is 6.46.